The number of halogens is 2. The summed E-state index contributed by atoms with van der Waals surface area (Å²) < 4.78 is 6.79. The standard InChI is InChI=1S/C9H8Br2O2/c1-6(12)13-5-7-2-3-8(10)4-9(7)11/h2-4H,5H2,1H3. The molecule has 0 N–H and O–H groups in total. The number of rotatable bonds is 2. The fraction of sp³-hybridized carbons (Fsp3) is 0.222. The molecule has 0 amide bonds. The van der Waals surface area contributed by atoms with Crippen molar-refractivity contribution in [2.24, 2.45) is 0 Å². The highest BCUT2D eigenvalue weighted by atomic mass is 79.9. The van der Waals surface area contributed by atoms with E-state index >= 15 is 0 Å². The fourth-order valence-electron chi connectivity index (χ4n) is 0.818. The summed E-state index contributed by atoms with van der Waals surface area (Å²) in [4.78, 5) is 10.5. The Morgan fingerprint density at radius 3 is 2.69 bits per heavy atom. The van der Waals surface area contributed by atoms with Crippen molar-refractivity contribution in [1.82, 2.24) is 0 Å². The first-order chi connectivity index (χ1) is 6.09. The molecule has 0 aliphatic heterocycles. The maximum absolute atomic E-state index is 10.5. The Morgan fingerprint density at radius 2 is 2.15 bits per heavy atom. The molecule has 1 rings (SSSR count). The van der Waals surface area contributed by atoms with Crippen molar-refractivity contribution in [3.05, 3.63) is 32.7 Å². The van der Waals surface area contributed by atoms with Crippen molar-refractivity contribution in [1.29, 1.82) is 0 Å². The zero-order chi connectivity index (χ0) is 9.84. The molecule has 0 fully saturated rings. The third-order valence-corrected chi connectivity index (χ3v) is 2.68. The summed E-state index contributed by atoms with van der Waals surface area (Å²) in [5.41, 5.74) is 0.957. The van der Waals surface area contributed by atoms with Crippen molar-refractivity contribution in [3.63, 3.8) is 0 Å². The van der Waals surface area contributed by atoms with Gasteiger partial charge in [0, 0.05) is 21.4 Å². The van der Waals surface area contributed by atoms with Crippen molar-refractivity contribution in [3.8, 4) is 0 Å². The first kappa shape index (κ1) is 10.7. The highest BCUT2D eigenvalue weighted by Gasteiger charge is 2.01. The summed E-state index contributed by atoms with van der Waals surface area (Å²) in [6.07, 6.45) is 0. The van der Waals surface area contributed by atoms with Crippen LogP contribution in [0.25, 0.3) is 0 Å². The second-order valence-corrected chi connectivity index (χ2v) is 4.29. The summed E-state index contributed by atoms with van der Waals surface area (Å²) in [7, 11) is 0. The van der Waals surface area contributed by atoms with E-state index in [0.29, 0.717) is 6.61 Å². The summed E-state index contributed by atoms with van der Waals surface area (Å²) in [6, 6.07) is 5.72. The summed E-state index contributed by atoms with van der Waals surface area (Å²) in [5, 5.41) is 0. The van der Waals surface area contributed by atoms with Gasteiger partial charge < -0.3 is 4.74 Å². The van der Waals surface area contributed by atoms with Crippen LogP contribution in [0.3, 0.4) is 0 Å². The van der Waals surface area contributed by atoms with Crippen LogP contribution in [-0.2, 0) is 16.1 Å². The molecule has 0 atom stereocenters. The molecule has 0 bridgehead atoms. The molecule has 70 valence electrons. The molecule has 13 heavy (non-hydrogen) atoms. The molecule has 0 heterocycles. The van der Waals surface area contributed by atoms with Gasteiger partial charge >= 0.3 is 5.97 Å². The van der Waals surface area contributed by atoms with Gasteiger partial charge in [-0.15, -0.1) is 0 Å². The second-order valence-electron chi connectivity index (χ2n) is 2.52. The molecular formula is C9H8Br2O2. The van der Waals surface area contributed by atoms with Crippen LogP contribution in [0.5, 0.6) is 0 Å². The normalized spacial score (nSPS) is 9.77. The van der Waals surface area contributed by atoms with E-state index in [-0.39, 0.29) is 5.97 Å². The first-order valence-corrected chi connectivity index (χ1v) is 5.25. The van der Waals surface area contributed by atoms with E-state index in [2.05, 4.69) is 31.9 Å². The molecule has 0 aliphatic carbocycles. The zero-order valence-electron chi connectivity index (χ0n) is 7.01. The lowest BCUT2D eigenvalue weighted by Gasteiger charge is -2.04. The van der Waals surface area contributed by atoms with Crippen molar-refractivity contribution in [2.75, 3.05) is 0 Å². The lowest BCUT2D eigenvalue weighted by molar-refractivity contribution is -0.142. The molecule has 0 radical (unpaired) electrons. The van der Waals surface area contributed by atoms with Gasteiger partial charge in [-0.25, -0.2) is 0 Å². The Bertz CT molecular complexity index is 323. The quantitative estimate of drug-likeness (QED) is 0.784. The predicted molar refractivity (Wildman–Crippen MR) is 57.3 cm³/mol. The van der Waals surface area contributed by atoms with E-state index in [0.717, 1.165) is 14.5 Å². The van der Waals surface area contributed by atoms with Gasteiger partial charge in [0.1, 0.15) is 6.61 Å². The van der Waals surface area contributed by atoms with Gasteiger partial charge in [0.05, 0.1) is 0 Å². The number of benzene rings is 1. The average Bonchev–Trinajstić information content (AvgIpc) is 2.02. The molecule has 0 unspecified atom stereocenters. The van der Waals surface area contributed by atoms with Crippen LogP contribution in [0.15, 0.2) is 27.1 Å². The number of carbonyl (C=O) groups is 1. The summed E-state index contributed by atoms with van der Waals surface area (Å²) in [5.74, 6) is -0.269. The second kappa shape index (κ2) is 4.77. The van der Waals surface area contributed by atoms with Gasteiger partial charge in [-0.1, -0.05) is 37.9 Å². The minimum absolute atomic E-state index is 0.269. The van der Waals surface area contributed by atoms with Gasteiger partial charge in [0.2, 0.25) is 0 Å². The fourth-order valence-corrected chi connectivity index (χ4v) is 1.98. The van der Waals surface area contributed by atoms with Crippen LogP contribution in [0.4, 0.5) is 0 Å². The third kappa shape index (κ3) is 3.48. The largest absolute Gasteiger partial charge is 0.461 e. The zero-order valence-corrected chi connectivity index (χ0v) is 10.2. The molecule has 1 aromatic carbocycles. The Labute approximate surface area is 93.5 Å². The lowest BCUT2D eigenvalue weighted by Crippen LogP contribution is -1.99. The number of hydrogen-bond acceptors (Lipinski definition) is 2. The molecule has 0 spiro atoms. The Hall–Kier alpha value is -0.350. The monoisotopic (exact) mass is 306 g/mol. The molecule has 0 aliphatic rings. The van der Waals surface area contributed by atoms with Gasteiger partial charge in [0.25, 0.3) is 0 Å². The number of carbonyl (C=O) groups excluding carboxylic acids is 1. The van der Waals surface area contributed by atoms with Gasteiger partial charge in [0.15, 0.2) is 0 Å². The van der Waals surface area contributed by atoms with Crippen molar-refractivity contribution < 1.29 is 9.53 Å². The minimum atomic E-state index is -0.269. The average molecular weight is 308 g/mol. The molecular weight excluding hydrogens is 300 g/mol. The van der Waals surface area contributed by atoms with Crippen molar-refractivity contribution >= 4 is 37.8 Å². The third-order valence-electron chi connectivity index (χ3n) is 1.45. The van der Waals surface area contributed by atoms with Gasteiger partial charge in [-0.3, -0.25) is 4.79 Å². The van der Waals surface area contributed by atoms with Crippen LogP contribution in [0.1, 0.15) is 12.5 Å². The minimum Gasteiger partial charge on any atom is -0.461 e. The number of ether oxygens (including phenoxy) is 1. The van der Waals surface area contributed by atoms with Gasteiger partial charge in [-0.2, -0.15) is 0 Å². The number of esters is 1. The van der Waals surface area contributed by atoms with E-state index in [1.807, 2.05) is 18.2 Å². The van der Waals surface area contributed by atoms with E-state index in [9.17, 15) is 4.79 Å². The Morgan fingerprint density at radius 1 is 1.46 bits per heavy atom. The maximum atomic E-state index is 10.5. The Balaban J connectivity index is 2.72. The van der Waals surface area contributed by atoms with Crippen LogP contribution >= 0.6 is 31.9 Å². The van der Waals surface area contributed by atoms with E-state index in [1.165, 1.54) is 6.92 Å². The van der Waals surface area contributed by atoms with Crippen molar-refractivity contribution in [2.45, 2.75) is 13.5 Å². The molecule has 1 aromatic rings. The number of hydrogen-bond donors (Lipinski definition) is 0. The van der Waals surface area contributed by atoms with Crippen LogP contribution < -0.4 is 0 Å². The first-order valence-electron chi connectivity index (χ1n) is 3.67. The summed E-state index contributed by atoms with van der Waals surface area (Å²) >= 11 is 6.71. The summed E-state index contributed by atoms with van der Waals surface area (Å²) in [6.45, 7) is 1.70. The van der Waals surface area contributed by atoms with Crippen LogP contribution in [0.2, 0.25) is 0 Å². The maximum Gasteiger partial charge on any atom is 0.302 e. The highest BCUT2D eigenvalue weighted by Crippen LogP contribution is 2.22. The molecule has 0 saturated heterocycles. The van der Waals surface area contributed by atoms with E-state index in [1.54, 1.807) is 0 Å². The van der Waals surface area contributed by atoms with E-state index in [4.69, 9.17) is 4.74 Å². The van der Waals surface area contributed by atoms with Crippen LogP contribution in [0, 0.1) is 0 Å². The van der Waals surface area contributed by atoms with E-state index < -0.39 is 0 Å². The molecule has 0 saturated carbocycles. The molecule has 4 heteroatoms. The topological polar surface area (TPSA) is 26.3 Å². The predicted octanol–water partition coefficient (Wildman–Crippen LogP) is 3.27. The smallest absolute Gasteiger partial charge is 0.302 e. The highest BCUT2D eigenvalue weighted by molar-refractivity contribution is 9.11. The Kier molecular flexibility index (Phi) is 3.93. The van der Waals surface area contributed by atoms with Gasteiger partial charge in [-0.05, 0) is 12.1 Å². The SMILES string of the molecule is CC(=O)OCc1ccc(Br)cc1Br. The molecule has 0 aromatic heterocycles. The lowest BCUT2D eigenvalue weighted by atomic mass is 10.2. The van der Waals surface area contributed by atoms with Crippen LogP contribution in [-0.4, -0.2) is 5.97 Å². The molecule has 2 nitrogen and oxygen atoms in total.